The van der Waals surface area contributed by atoms with Gasteiger partial charge < -0.3 is 0 Å². The molecule has 0 saturated carbocycles. The van der Waals surface area contributed by atoms with E-state index in [1.165, 1.54) is 6.21 Å². The van der Waals surface area contributed by atoms with Gasteiger partial charge in [-0.25, -0.2) is 4.99 Å². The van der Waals surface area contributed by atoms with Gasteiger partial charge in [0.2, 0.25) is 0 Å². The number of aliphatic imine (C=N–C) groups is 2. The fraction of sp³-hybridized carbons (Fsp3) is 0.400. The molecule has 0 aromatic carbocycles. The molecule has 0 aromatic rings. The lowest BCUT2D eigenvalue weighted by atomic mass is 10.4. The predicted octanol–water partition coefficient (Wildman–Crippen LogP) is 0.779. The molecule has 9 heavy (non-hydrogen) atoms. The zero-order valence-electron chi connectivity index (χ0n) is 4.84. The largest absolute Gasteiger partial charge is 0.271 e. The van der Waals surface area contributed by atoms with Crippen molar-refractivity contribution in [2.45, 2.75) is 11.8 Å². The Morgan fingerprint density at radius 2 is 2.44 bits per heavy atom. The van der Waals surface area contributed by atoms with Crippen LogP contribution in [0.25, 0.3) is 0 Å². The first-order valence-electron chi connectivity index (χ1n) is 2.47. The molecule has 0 aromatic heterocycles. The van der Waals surface area contributed by atoms with E-state index in [0.717, 1.165) is 0 Å². The first kappa shape index (κ1) is 6.61. The Bertz CT molecular complexity index is 197. The lowest BCUT2D eigenvalue weighted by molar-refractivity contribution is -0.116. The summed E-state index contributed by atoms with van der Waals surface area (Å²) in [7, 11) is 0. The van der Waals surface area contributed by atoms with Gasteiger partial charge in [-0.15, -0.1) is 0 Å². The zero-order valence-corrected chi connectivity index (χ0v) is 6.42. The van der Waals surface area contributed by atoms with Crippen LogP contribution in [0, 0.1) is 0 Å². The quantitative estimate of drug-likeness (QED) is 0.519. The molecule has 3 nitrogen and oxygen atoms in total. The molecule has 1 unspecified atom stereocenters. The molecule has 0 aliphatic carbocycles. The number of hydrogen-bond acceptors (Lipinski definition) is 2. The van der Waals surface area contributed by atoms with E-state index < -0.39 is 0 Å². The Labute approximate surface area is 61.0 Å². The van der Waals surface area contributed by atoms with Crippen LogP contribution >= 0.6 is 15.9 Å². The number of carbonyl (C=O) groups is 1. The Morgan fingerprint density at radius 3 is 2.89 bits per heavy atom. The fourth-order valence-electron chi connectivity index (χ4n) is 0.487. The third-order valence-electron chi connectivity index (χ3n) is 0.900. The van der Waals surface area contributed by atoms with Gasteiger partial charge in [-0.05, 0) is 6.92 Å². The summed E-state index contributed by atoms with van der Waals surface area (Å²) in [5.74, 6) is 0.346. The van der Waals surface area contributed by atoms with Gasteiger partial charge in [0, 0.05) is 6.21 Å². The molecule has 1 amide bonds. The lowest BCUT2D eigenvalue weighted by Crippen LogP contribution is -2.18. The van der Waals surface area contributed by atoms with E-state index in [2.05, 4.69) is 25.9 Å². The van der Waals surface area contributed by atoms with Crippen LogP contribution in [0.15, 0.2) is 9.98 Å². The molecule has 1 heterocycles. The summed E-state index contributed by atoms with van der Waals surface area (Å²) in [6.45, 7) is 1.69. The first-order chi connectivity index (χ1) is 4.20. The van der Waals surface area contributed by atoms with E-state index in [0.29, 0.717) is 5.84 Å². The van der Waals surface area contributed by atoms with Gasteiger partial charge >= 0.3 is 0 Å². The highest BCUT2D eigenvalue weighted by molar-refractivity contribution is 9.10. The van der Waals surface area contributed by atoms with Crippen LogP contribution < -0.4 is 0 Å². The highest BCUT2D eigenvalue weighted by Crippen LogP contribution is 2.03. The summed E-state index contributed by atoms with van der Waals surface area (Å²) in [6, 6.07) is 0. The number of amides is 1. The zero-order chi connectivity index (χ0) is 6.85. The van der Waals surface area contributed by atoms with E-state index in [1.807, 2.05) is 0 Å². The Morgan fingerprint density at radius 1 is 1.78 bits per heavy atom. The number of alkyl halides is 1. The molecular weight excluding hydrogens is 184 g/mol. The van der Waals surface area contributed by atoms with Crippen LogP contribution in [0.4, 0.5) is 0 Å². The lowest BCUT2D eigenvalue weighted by Gasteiger charge is -2.02. The molecule has 1 rings (SSSR count). The Balaban J connectivity index is 2.82. The third-order valence-corrected chi connectivity index (χ3v) is 1.53. The summed E-state index contributed by atoms with van der Waals surface area (Å²) in [5, 5.41) is 0. The van der Waals surface area contributed by atoms with Crippen molar-refractivity contribution in [2.75, 3.05) is 0 Å². The molecule has 1 aliphatic heterocycles. The molecule has 4 heteroatoms. The van der Waals surface area contributed by atoms with Crippen molar-refractivity contribution in [3.8, 4) is 0 Å². The van der Waals surface area contributed by atoms with Crippen LogP contribution in [0.5, 0.6) is 0 Å². The molecule has 1 atom stereocenters. The predicted molar refractivity (Wildman–Crippen MR) is 39.3 cm³/mol. The van der Waals surface area contributed by atoms with Gasteiger partial charge in [-0.1, -0.05) is 15.9 Å². The van der Waals surface area contributed by atoms with Crippen LogP contribution in [-0.4, -0.2) is 22.8 Å². The second kappa shape index (κ2) is 2.39. The van der Waals surface area contributed by atoms with Crippen molar-refractivity contribution < 1.29 is 4.79 Å². The second-order valence-corrected chi connectivity index (χ2v) is 2.66. The van der Waals surface area contributed by atoms with Gasteiger partial charge in [0.15, 0.2) is 0 Å². The minimum atomic E-state index is -0.318. The topological polar surface area (TPSA) is 41.8 Å². The molecule has 0 saturated heterocycles. The van der Waals surface area contributed by atoms with E-state index in [4.69, 9.17) is 0 Å². The summed E-state index contributed by atoms with van der Waals surface area (Å²) in [4.78, 5) is 17.8. The first-order valence-corrected chi connectivity index (χ1v) is 3.39. The van der Waals surface area contributed by atoms with Crippen LogP contribution in [-0.2, 0) is 4.79 Å². The van der Waals surface area contributed by atoms with Crippen LogP contribution in [0.1, 0.15) is 6.92 Å². The summed E-state index contributed by atoms with van der Waals surface area (Å²) < 4.78 is 0. The molecule has 0 fully saturated rings. The minimum Gasteiger partial charge on any atom is -0.271 e. The fourth-order valence-corrected chi connectivity index (χ4v) is 0.708. The maximum atomic E-state index is 10.7. The SMILES string of the molecule is CC1=NC(=O)C(Br)C=N1. The van der Waals surface area contributed by atoms with Crippen molar-refractivity contribution in [1.82, 2.24) is 0 Å². The highest BCUT2D eigenvalue weighted by Gasteiger charge is 2.14. The average molecular weight is 189 g/mol. The maximum Gasteiger partial charge on any atom is 0.266 e. The second-order valence-electron chi connectivity index (χ2n) is 1.68. The smallest absolute Gasteiger partial charge is 0.266 e. The number of nitrogens with zero attached hydrogens (tertiary/aromatic N) is 2. The van der Waals surface area contributed by atoms with Gasteiger partial charge in [0.1, 0.15) is 10.7 Å². The van der Waals surface area contributed by atoms with Gasteiger partial charge in [0.25, 0.3) is 5.91 Å². The average Bonchev–Trinajstić information content (AvgIpc) is 1.80. The summed E-state index contributed by atoms with van der Waals surface area (Å²) in [6.07, 6.45) is 1.53. The van der Waals surface area contributed by atoms with E-state index in [1.54, 1.807) is 6.92 Å². The Hall–Kier alpha value is -0.510. The van der Waals surface area contributed by atoms with Crippen molar-refractivity contribution in [3.05, 3.63) is 0 Å². The van der Waals surface area contributed by atoms with Gasteiger partial charge in [-0.3, -0.25) is 4.79 Å². The van der Waals surface area contributed by atoms with E-state index in [-0.39, 0.29) is 10.7 Å². The van der Waals surface area contributed by atoms with Gasteiger partial charge in [0.05, 0.1) is 0 Å². The number of halogens is 1. The summed E-state index contributed by atoms with van der Waals surface area (Å²) >= 11 is 3.08. The number of hydrogen-bond donors (Lipinski definition) is 0. The monoisotopic (exact) mass is 188 g/mol. The van der Waals surface area contributed by atoms with Crippen molar-refractivity contribution in [2.24, 2.45) is 9.98 Å². The minimum absolute atomic E-state index is 0.178. The Kier molecular flexibility index (Phi) is 1.75. The molecule has 0 N–H and O–H groups in total. The van der Waals surface area contributed by atoms with E-state index in [9.17, 15) is 4.79 Å². The molecule has 0 radical (unpaired) electrons. The molecular formula is C5H5BrN2O. The molecule has 0 bridgehead atoms. The van der Waals surface area contributed by atoms with Crippen molar-refractivity contribution in [3.63, 3.8) is 0 Å². The van der Waals surface area contributed by atoms with Gasteiger partial charge in [-0.2, -0.15) is 4.99 Å². The maximum absolute atomic E-state index is 10.7. The molecule has 0 spiro atoms. The standard InChI is InChI=1S/C5H5BrN2O/c1-3-7-2-4(6)5(9)8-3/h2,4H,1H3. The van der Waals surface area contributed by atoms with Crippen LogP contribution in [0.3, 0.4) is 0 Å². The normalized spacial score (nSPS) is 26.2. The van der Waals surface area contributed by atoms with Crippen molar-refractivity contribution in [1.29, 1.82) is 0 Å². The third kappa shape index (κ3) is 1.45. The number of amidine groups is 1. The van der Waals surface area contributed by atoms with E-state index >= 15 is 0 Å². The molecule has 48 valence electrons. The van der Waals surface area contributed by atoms with Crippen molar-refractivity contribution >= 4 is 33.9 Å². The number of rotatable bonds is 0. The van der Waals surface area contributed by atoms with Crippen LogP contribution in [0.2, 0.25) is 0 Å². The number of carbonyl (C=O) groups excluding carboxylic acids is 1. The molecule has 1 aliphatic rings. The highest BCUT2D eigenvalue weighted by atomic mass is 79.9. The summed E-state index contributed by atoms with van der Waals surface area (Å²) in [5.41, 5.74) is 0.